The van der Waals surface area contributed by atoms with Crippen LogP contribution < -0.4 is 16.6 Å². The lowest BCUT2D eigenvalue weighted by molar-refractivity contribution is 0.0942. The highest BCUT2D eigenvalue weighted by Crippen LogP contribution is 2.21. The summed E-state index contributed by atoms with van der Waals surface area (Å²) in [4.78, 5) is 31.1. The molecular formula is C16H13FN4O3S. The van der Waals surface area contributed by atoms with Crippen LogP contribution >= 0.6 is 11.3 Å². The van der Waals surface area contributed by atoms with Crippen LogP contribution in [0.5, 0.6) is 5.75 Å². The molecule has 0 saturated heterocycles. The molecule has 3 rings (SSSR count). The van der Waals surface area contributed by atoms with Gasteiger partial charge in [0.05, 0.1) is 4.88 Å². The van der Waals surface area contributed by atoms with E-state index in [0.29, 0.717) is 4.88 Å². The maximum atomic E-state index is 13.7. The number of hydrogen-bond acceptors (Lipinski definition) is 6. The third-order valence-corrected chi connectivity index (χ3v) is 4.26. The van der Waals surface area contributed by atoms with Gasteiger partial charge >= 0.3 is 0 Å². The second kappa shape index (κ2) is 6.73. The minimum absolute atomic E-state index is 0.146. The topological polar surface area (TPSA) is 121 Å². The highest BCUT2D eigenvalue weighted by molar-refractivity contribution is 7.13. The van der Waals surface area contributed by atoms with Crippen molar-refractivity contribution in [1.82, 2.24) is 15.3 Å². The molecule has 5 N–H and O–H groups in total. The lowest BCUT2D eigenvalue weighted by Crippen LogP contribution is -2.27. The van der Waals surface area contributed by atoms with Crippen molar-refractivity contribution >= 4 is 22.9 Å². The van der Waals surface area contributed by atoms with E-state index in [1.807, 2.05) is 0 Å². The smallest absolute Gasteiger partial charge is 0.294 e. The standard InChI is InChI=1S/C16H13FN4O3S/c17-10-6-9(18)4-3-8(10)7-19-15(23)12-13(22)16(24)21-14(20-12)11-2-1-5-25-11/h1-6,22H,7,18H2,(H,19,23)(H,20,21,24). The van der Waals surface area contributed by atoms with E-state index in [-0.39, 0.29) is 23.6 Å². The van der Waals surface area contributed by atoms with Crippen LogP contribution in [0.3, 0.4) is 0 Å². The number of nitrogens with zero attached hydrogens (tertiary/aromatic N) is 1. The number of nitrogens with two attached hydrogens (primary N) is 1. The number of amides is 1. The van der Waals surface area contributed by atoms with Crippen LogP contribution in [0.2, 0.25) is 0 Å². The Morgan fingerprint density at radius 2 is 2.20 bits per heavy atom. The van der Waals surface area contributed by atoms with Gasteiger partial charge in [0.25, 0.3) is 11.5 Å². The second-order valence-corrected chi connectivity index (χ2v) is 6.07. The normalized spacial score (nSPS) is 10.6. The Labute approximate surface area is 145 Å². The molecule has 0 spiro atoms. The third-order valence-electron chi connectivity index (χ3n) is 3.38. The highest BCUT2D eigenvalue weighted by atomic mass is 32.1. The van der Waals surface area contributed by atoms with Gasteiger partial charge in [0.1, 0.15) is 5.82 Å². The number of carbonyl (C=O) groups is 1. The number of thiophene rings is 1. The molecule has 128 valence electrons. The molecule has 3 aromatic rings. The molecule has 7 nitrogen and oxygen atoms in total. The summed E-state index contributed by atoms with van der Waals surface area (Å²) < 4.78 is 13.7. The molecule has 1 aromatic carbocycles. The number of hydrogen-bond donors (Lipinski definition) is 4. The van der Waals surface area contributed by atoms with Crippen molar-refractivity contribution in [1.29, 1.82) is 0 Å². The van der Waals surface area contributed by atoms with E-state index in [1.165, 1.54) is 23.5 Å². The molecule has 0 saturated carbocycles. The molecule has 25 heavy (non-hydrogen) atoms. The van der Waals surface area contributed by atoms with Crippen molar-refractivity contribution in [3.05, 3.63) is 63.1 Å². The van der Waals surface area contributed by atoms with Crippen molar-refractivity contribution in [2.24, 2.45) is 0 Å². The molecule has 1 amide bonds. The van der Waals surface area contributed by atoms with Crippen LogP contribution in [0, 0.1) is 5.82 Å². The zero-order chi connectivity index (χ0) is 18.0. The molecule has 0 fully saturated rings. The van der Waals surface area contributed by atoms with Crippen LogP contribution in [0.4, 0.5) is 10.1 Å². The van der Waals surface area contributed by atoms with Crippen molar-refractivity contribution in [2.45, 2.75) is 6.54 Å². The fourth-order valence-corrected chi connectivity index (χ4v) is 2.79. The molecular weight excluding hydrogens is 347 g/mol. The van der Waals surface area contributed by atoms with E-state index in [4.69, 9.17) is 5.73 Å². The number of halogens is 1. The summed E-state index contributed by atoms with van der Waals surface area (Å²) in [5, 5.41) is 14.0. The Balaban J connectivity index is 1.85. The van der Waals surface area contributed by atoms with Crippen molar-refractivity contribution < 1.29 is 14.3 Å². The lowest BCUT2D eigenvalue weighted by atomic mass is 10.2. The van der Waals surface area contributed by atoms with Crippen molar-refractivity contribution in [2.75, 3.05) is 5.73 Å². The Morgan fingerprint density at radius 1 is 1.40 bits per heavy atom. The molecule has 9 heteroatoms. The molecule has 0 aliphatic rings. The van der Waals surface area contributed by atoms with E-state index >= 15 is 0 Å². The van der Waals surface area contributed by atoms with Gasteiger partial charge in [-0.2, -0.15) is 0 Å². The van der Waals surface area contributed by atoms with Gasteiger partial charge in [0.2, 0.25) is 5.75 Å². The van der Waals surface area contributed by atoms with E-state index in [0.717, 1.165) is 6.07 Å². The Bertz CT molecular complexity index is 986. The van der Waals surface area contributed by atoms with Gasteiger partial charge in [-0.3, -0.25) is 9.59 Å². The van der Waals surface area contributed by atoms with Crippen LogP contribution in [0.15, 0.2) is 40.5 Å². The Hall–Kier alpha value is -3.20. The highest BCUT2D eigenvalue weighted by Gasteiger charge is 2.19. The number of nitrogen functional groups attached to an aromatic ring is 1. The minimum atomic E-state index is -0.831. The molecule has 2 aromatic heterocycles. The van der Waals surface area contributed by atoms with Crippen LogP contribution in [0.1, 0.15) is 16.1 Å². The van der Waals surface area contributed by atoms with Gasteiger partial charge in [0, 0.05) is 17.8 Å². The summed E-state index contributed by atoms with van der Waals surface area (Å²) in [5.41, 5.74) is 4.69. The fraction of sp³-hybridized carbons (Fsp3) is 0.0625. The van der Waals surface area contributed by atoms with Crippen molar-refractivity contribution in [3.8, 4) is 16.5 Å². The minimum Gasteiger partial charge on any atom is -0.501 e. The fourth-order valence-electron chi connectivity index (χ4n) is 2.12. The molecule has 0 radical (unpaired) electrons. The largest absolute Gasteiger partial charge is 0.501 e. The maximum absolute atomic E-state index is 13.7. The Morgan fingerprint density at radius 3 is 2.88 bits per heavy atom. The number of rotatable bonds is 4. The monoisotopic (exact) mass is 360 g/mol. The third kappa shape index (κ3) is 3.50. The molecule has 0 bridgehead atoms. The first-order valence-electron chi connectivity index (χ1n) is 7.15. The summed E-state index contributed by atoms with van der Waals surface area (Å²) in [6.45, 7) is -0.146. The lowest BCUT2D eigenvalue weighted by Gasteiger charge is -2.08. The number of aromatic nitrogens is 2. The molecule has 0 atom stereocenters. The Kier molecular flexibility index (Phi) is 4.48. The summed E-state index contributed by atoms with van der Waals surface area (Å²) >= 11 is 1.32. The number of benzene rings is 1. The first-order valence-corrected chi connectivity index (χ1v) is 8.03. The summed E-state index contributed by atoms with van der Waals surface area (Å²) in [6, 6.07) is 7.55. The average Bonchev–Trinajstić information content (AvgIpc) is 3.10. The predicted octanol–water partition coefficient (Wildman–Crippen LogP) is 1.86. The summed E-state index contributed by atoms with van der Waals surface area (Å²) in [5.74, 6) is -1.99. The number of aromatic hydroxyl groups is 1. The van der Waals surface area contributed by atoms with Gasteiger partial charge in [-0.15, -0.1) is 11.3 Å². The molecule has 0 unspecified atom stereocenters. The van der Waals surface area contributed by atoms with Crippen LogP contribution in [-0.2, 0) is 6.54 Å². The number of nitrogens with one attached hydrogen (secondary N) is 2. The van der Waals surface area contributed by atoms with E-state index in [2.05, 4.69) is 15.3 Å². The number of anilines is 1. The van der Waals surface area contributed by atoms with E-state index in [9.17, 15) is 19.1 Å². The zero-order valence-electron chi connectivity index (χ0n) is 12.7. The molecule has 0 aliphatic carbocycles. The number of aromatic amines is 1. The van der Waals surface area contributed by atoms with Gasteiger partial charge in [-0.1, -0.05) is 12.1 Å². The molecule has 2 heterocycles. The molecule has 0 aliphatic heterocycles. The van der Waals surface area contributed by atoms with Crippen LogP contribution in [-0.4, -0.2) is 21.0 Å². The average molecular weight is 360 g/mol. The first kappa shape index (κ1) is 16.7. The number of carbonyl (C=O) groups excluding carboxylic acids is 1. The SMILES string of the molecule is Nc1ccc(CNC(=O)c2nc(-c3cccs3)[nH]c(=O)c2O)c(F)c1. The second-order valence-electron chi connectivity index (χ2n) is 5.12. The van der Waals surface area contributed by atoms with Crippen molar-refractivity contribution in [3.63, 3.8) is 0 Å². The van der Waals surface area contributed by atoms with Crippen LogP contribution in [0.25, 0.3) is 10.7 Å². The zero-order valence-corrected chi connectivity index (χ0v) is 13.6. The summed E-state index contributed by atoms with van der Waals surface area (Å²) in [6.07, 6.45) is 0. The van der Waals surface area contributed by atoms with E-state index in [1.54, 1.807) is 17.5 Å². The van der Waals surface area contributed by atoms with Gasteiger partial charge in [0.15, 0.2) is 11.5 Å². The maximum Gasteiger partial charge on any atom is 0.294 e. The quantitative estimate of drug-likeness (QED) is 0.529. The number of H-pyrrole nitrogens is 1. The van der Waals surface area contributed by atoms with Gasteiger partial charge in [-0.25, -0.2) is 9.37 Å². The van der Waals surface area contributed by atoms with E-state index < -0.39 is 28.7 Å². The summed E-state index contributed by atoms with van der Waals surface area (Å²) in [7, 11) is 0. The van der Waals surface area contributed by atoms with Gasteiger partial charge < -0.3 is 21.1 Å². The van der Waals surface area contributed by atoms with Gasteiger partial charge in [-0.05, 0) is 23.6 Å². The predicted molar refractivity (Wildman–Crippen MR) is 91.8 cm³/mol. The first-order chi connectivity index (χ1) is 12.0.